The number of hydrogen-bond acceptors (Lipinski definition) is 7. The van der Waals surface area contributed by atoms with Gasteiger partial charge in [-0.3, -0.25) is 5.10 Å². The van der Waals surface area contributed by atoms with Crippen molar-refractivity contribution < 1.29 is 4.39 Å². The minimum absolute atomic E-state index is 0.258. The fourth-order valence-corrected chi connectivity index (χ4v) is 4.30. The highest BCUT2D eigenvalue weighted by Gasteiger charge is 2.26. The molecule has 0 radical (unpaired) electrons. The minimum Gasteiger partial charge on any atom is -0.361 e. The summed E-state index contributed by atoms with van der Waals surface area (Å²) < 4.78 is 13.6. The van der Waals surface area contributed by atoms with Crippen molar-refractivity contribution in [2.24, 2.45) is 5.92 Å². The number of halogens is 1. The highest BCUT2D eigenvalue weighted by Crippen LogP contribution is 2.28. The Hall–Kier alpha value is -3.59. The molecule has 3 heterocycles. The van der Waals surface area contributed by atoms with Gasteiger partial charge in [0.15, 0.2) is 17.5 Å². The summed E-state index contributed by atoms with van der Waals surface area (Å²) in [4.78, 5) is 7.23. The van der Waals surface area contributed by atoms with E-state index in [9.17, 15) is 4.39 Å². The van der Waals surface area contributed by atoms with Gasteiger partial charge in [0, 0.05) is 48.9 Å². The van der Waals surface area contributed by atoms with Gasteiger partial charge in [-0.15, -0.1) is 10.2 Å². The molecule has 2 aromatic heterocycles. The number of piperazine rings is 1. The van der Waals surface area contributed by atoms with Gasteiger partial charge in [-0.25, -0.2) is 9.37 Å². The Kier molecular flexibility index (Phi) is 6.10. The van der Waals surface area contributed by atoms with Crippen LogP contribution in [0.25, 0.3) is 22.3 Å². The van der Waals surface area contributed by atoms with E-state index in [4.69, 9.17) is 4.98 Å². The Labute approximate surface area is 198 Å². The van der Waals surface area contributed by atoms with E-state index in [1.54, 1.807) is 6.07 Å². The first-order valence-electron chi connectivity index (χ1n) is 11.6. The van der Waals surface area contributed by atoms with E-state index in [-0.39, 0.29) is 5.82 Å². The Morgan fingerprint density at radius 3 is 2.88 bits per heavy atom. The molecular weight excluding hydrogens is 431 g/mol. The standard InChI is InChI=1S/C25H29FN8/c1-15(2)22-14-34(10-9-27-22)25-24(28-13-17-5-4-6-19(26)11-17)33-32-23(29-25)18-7-8-21-20(12-18)16(3)30-31-21/h4-8,11-12,15,22,27H,9-10,13-14H2,1-3H3,(H,28,33)(H,30,31)/t22-/m1/s1. The number of benzene rings is 2. The van der Waals surface area contributed by atoms with Crippen LogP contribution in [0.15, 0.2) is 42.5 Å². The topological polar surface area (TPSA) is 94.6 Å². The van der Waals surface area contributed by atoms with Gasteiger partial charge >= 0.3 is 0 Å². The predicted molar refractivity (Wildman–Crippen MR) is 132 cm³/mol. The monoisotopic (exact) mass is 460 g/mol. The Morgan fingerprint density at radius 1 is 1.18 bits per heavy atom. The number of aromatic nitrogens is 5. The van der Waals surface area contributed by atoms with Crippen LogP contribution in [0.2, 0.25) is 0 Å². The van der Waals surface area contributed by atoms with Crippen molar-refractivity contribution in [3.63, 3.8) is 0 Å². The molecule has 1 aliphatic rings. The van der Waals surface area contributed by atoms with Gasteiger partial charge in [0.05, 0.1) is 5.52 Å². The summed E-state index contributed by atoms with van der Waals surface area (Å²) in [6, 6.07) is 12.9. The van der Waals surface area contributed by atoms with Gasteiger partial charge in [0.1, 0.15) is 5.82 Å². The molecule has 0 bridgehead atoms. The molecule has 5 rings (SSSR count). The molecule has 1 aliphatic heterocycles. The van der Waals surface area contributed by atoms with Crippen LogP contribution in [0, 0.1) is 18.7 Å². The molecule has 8 nitrogen and oxygen atoms in total. The maximum Gasteiger partial charge on any atom is 0.192 e. The average molecular weight is 461 g/mol. The van der Waals surface area contributed by atoms with Gasteiger partial charge in [0.25, 0.3) is 0 Å². The quantitative estimate of drug-likeness (QED) is 0.402. The Bertz CT molecular complexity index is 1300. The number of rotatable bonds is 6. The van der Waals surface area contributed by atoms with E-state index in [2.05, 4.69) is 49.8 Å². The normalized spacial score (nSPS) is 16.4. The van der Waals surface area contributed by atoms with Gasteiger partial charge in [-0.1, -0.05) is 26.0 Å². The lowest BCUT2D eigenvalue weighted by Crippen LogP contribution is -2.53. The number of nitrogens with one attached hydrogen (secondary N) is 3. The van der Waals surface area contributed by atoms with Crippen LogP contribution in [0.1, 0.15) is 25.1 Å². The van der Waals surface area contributed by atoms with Crippen molar-refractivity contribution in [3.8, 4) is 11.4 Å². The lowest BCUT2D eigenvalue weighted by atomic mass is 10.0. The number of aromatic amines is 1. The number of hydrogen-bond donors (Lipinski definition) is 3. The summed E-state index contributed by atoms with van der Waals surface area (Å²) in [5.74, 6) is 2.15. The smallest absolute Gasteiger partial charge is 0.192 e. The molecule has 0 saturated carbocycles. The zero-order chi connectivity index (χ0) is 23.7. The molecule has 1 fully saturated rings. The van der Waals surface area contributed by atoms with Crippen LogP contribution in [0.4, 0.5) is 16.0 Å². The molecule has 4 aromatic rings. The molecule has 1 atom stereocenters. The summed E-state index contributed by atoms with van der Waals surface area (Å²) in [6.45, 7) is 9.37. The Balaban J connectivity index is 1.50. The molecule has 34 heavy (non-hydrogen) atoms. The maximum atomic E-state index is 13.6. The van der Waals surface area contributed by atoms with E-state index >= 15 is 0 Å². The van der Waals surface area contributed by atoms with Crippen LogP contribution in [0.5, 0.6) is 0 Å². The number of H-pyrrole nitrogens is 1. The molecular formula is C25H29FN8. The van der Waals surface area contributed by atoms with Crippen LogP contribution in [0.3, 0.4) is 0 Å². The molecule has 1 saturated heterocycles. The molecule has 176 valence electrons. The van der Waals surface area contributed by atoms with E-state index in [1.807, 2.05) is 31.2 Å². The fraction of sp³-hybridized carbons (Fsp3) is 0.360. The van der Waals surface area contributed by atoms with Crippen LogP contribution in [-0.2, 0) is 6.54 Å². The summed E-state index contributed by atoms with van der Waals surface area (Å²) >= 11 is 0. The highest BCUT2D eigenvalue weighted by molar-refractivity contribution is 5.85. The molecule has 0 aliphatic carbocycles. The first kappa shape index (κ1) is 22.2. The second-order valence-electron chi connectivity index (χ2n) is 9.12. The summed E-state index contributed by atoms with van der Waals surface area (Å²) in [7, 11) is 0. The van der Waals surface area contributed by atoms with Crippen LogP contribution < -0.4 is 15.5 Å². The predicted octanol–water partition coefficient (Wildman–Crippen LogP) is 3.91. The number of fused-ring (bicyclic) bond motifs is 1. The zero-order valence-corrected chi connectivity index (χ0v) is 19.6. The van der Waals surface area contributed by atoms with Crippen molar-refractivity contribution >= 4 is 22.5 Å². The lowest BCUT2D eigenvalue weighted by molar-refractivity contribution is 0.367. The van der Waals surface area contributed by atoms with E-state index in [0.29, 0.717) is 30.1 Å². The van der Waals surface area contributed by atoms with Gasteiger partial charge in [0.2, 0.25) is 0 Å². The van der Waals surface area contributed by atoms with Crippen LogP contribution in [-0.4, -0.2) is 51.1 Å². The number of anilines is 2. The first-order chi connectivity index (χ1) is 16.5. The molecule has 2 aromatic carbocycles. The van der Waals surface area contributed by atoms with Crippen molar-refractivity contribution in [2.45, 2.75) is 33.4 Å². The minimum atomic E-state index is -0.258. The second-order valence-corrected chi connectivity index (χ2v) is 9.12. The van der Waals surface area contributed by atoms with Crippen molar-refractivity contribution in [1.29, 1.82) is 0 Å². The molecule has 9 heteroatoms. The summed E-state index contributed by atoms with van der Waals surface area (Å²) in [5.41, 5.74) is 3.63. The summed E-state index contributed by atoms with van der Waals surface area (Å²) in [6.07, 6.45) is 0. The molecule has 0 spiro atoms. The largest absolute Gasteiger partial charge is 0.361 e. The third-order valence-electron chi connectivity index (χ3n) is 6.33. The third kappa shape index (κ3) is 4.56. The van der Waals surface area contributed by atoms with Gasteiger partial charge in [-0.2, -0.15) is 5.10 Å². The third-order valence-corrected chi connectivity index (χ3v) is 6.33. The number of nitrogens with zero attached hydrogens (tertiary/aromatic N) is 5. The summed E-state index contributed by atoms with van der Waals surface area (Å²) in [5, 5.41) is 24.3. The van der Waals surface area contributed by atoms with Crippen LogP contribution >= 0.6 is 0 Å². The van der Waals surface area contributed by atoms with E-state index in [1.165, 1.54) is 12.1 Å². The van der Waals surface area contributed by atoms with E-state index < -0.39 is 0 Å². The van der Waals surface area contributed by atoms with Crippen molar-refractivity contribution in [2.75, 3.05) is 29.9 Å². The molecule has 0 amide bonds. The van der Waals surface area contributed by atoms with Gasteiger partial charge < -0.3 is 15.5 Å². The molecule has 0 unspecified atom stereocenters. The SMILES string of the molecule is Cc1[nH]nc2ccc(-c3nnc(NCc4cccc(F)c4)c(N4CCN[C@@H](C(C)C)C4)n3)cc12. The Morgan fingerprint density at radius 2 is 2.06 bits per heavy atom. The van der Waals surface area contributed by atoms with Crippen molar-refractivity contribution in [1.82, 2.24) is 30.7 Å². The maximum absolute atomic E-state index is 13.6. The van der Waals surface area contributed by atoms with E-state index in [0.717, 1.165) is 53.2 Å². The molecule has 3 N–H and O–H groups in total. The lowest BCUT2D eigenvalue weighted by Gasteiger charge is -2.37. The second kappa shape index (κ2) is 9.34. The number of aryl methyl sites for hydroxylation is 1. The highest BCUT2D eigenvalue weighted by atomic mass is 19.1. The van der Waals surface area contributed by atoms with Gasteiger partial charge in [-0.05, 0) is 48.7 Å². The van der Waals surface area contributed by atoms with Crippen molar-refractivity contribution in [3.05, 3.63) is 59.5 Å². The first-order valence-corrected chi connectivity index (χ1v) is 11.6. The fourth-order valence-electron chi connectivity index (χ4n) is 4.30. The average Bonchev–Trinajstić information content (AvgIpc) is 3.23. The zero-order valence-electron chi connectivity index (χ0n) is 19.6.